The third kappa shape index (κ3) is 5.93. The van der Waals surface area contributed by atoms with Gasteiger partial charge >= 0.3 is 0 Å². The van der Waals surface area contributed by atoms with Crippen molar-refractivity contribution in [3.63, 3.8) is 0 Å². The molecule has 2 aromatic carbocycles. The van der Waals surface area contributed by atoms with Gasteiger partial charge in [0.15, 0.2) is 9.84 Å². The number of rotatable bonds is 10. The number of para-hydroxylation sites is 1. The van der Waals surface area contributed by atoms with Gasteiger partial charge in [0.2, 0.25) is 5.13 Å². The highest BCUT2D eigenvalue weighted by Crippen LogP contribution is 2.23. The number of benzene rings is 2. The van der Waals surface area contributed by atoms with Crippen LogP contribution in [0.4, 0.5) is 5.13 Å². The van der Waals surface area contributed by atoms with Gasteiger partial charge in [-0.1, -0.05) is 18.2 Å². The largest absolute Gasteiger partial charge is 0.497 e. The van der Waals surface area contributed by atoms with Crippen molar-refractivity contribution in [2.75, 3.05) is 25.3 Å². The Kier molecular flexibility index (Phi) is 7.47. The molecule has 0 fully saturated rings. The Morgan fingerprint density at radius 1 is 1.10 bits per heavy atom. The third-order valence-electron chi connectivity index (χ3n) is 4.77. The summed E-state index contributed by atoms with van der Waals surface area (Å²) in [6, 6.07) is 13.0. The van der Waals surface area contributed by atoms with Gasteiger partial charge in [0.1, 0.15) is 17.3 Å². The predicted molar refractivity (Wildman–Crippen MR) is 122 cm³/mol. The van der Waals surface area contributed by atoms with Gasteiger partial charge in [0.05, 0.1) is 30.9 Å². The van der Waals surface area contributed by atoms with Crippen LogP contribution in [-0.2, 0) is 16.3 Å². The van der Waals surface area contributed by atoms with E-state index < -0.39 is 21.9 Å². The molecule has 1 aromatic heterocycles. The zero-order valence-electron chi connectivity index (χ0n) is 17.6. The van der Waals surface area contributed by atoms with E-state index in [2.05, 4.69) is 14.7 Å². The van der Waals surface area contributed by atoms with Gasteiger partial charge in [-0.25, -0.2) is 13.4 Å². The van der Waals surface area contributed by atoms with E-state index in [0.717, 1.165) is 11.3 Å². The van der Waals surface area contributed by atoms with E-state index in [9.17, 15) is 8.42 Å². The number of anilines is 1. The van der Waals surface area contributed by atoms with E-state index in [4.69, 9.17) is 15.2 Å². The maximum atomic E-state index is 12.9. The number of ether oxygens (including phenoxy) is 2. The third-order valence-corrected chi connectivity index (χ3v) is 7.24. The molecule has 0 amide bonds. The van der Waals surface area contributed by atoms with Gasteiger partial charge in [-0.15, -0.1) is 0 Å². The molecule has 3 aromatic rings. The van der Waals surface area contributed by atoms with Crippen molar-refractivity contribution in [2.45, 2.75) is 30.3 Å². The normalized spacial score (nSPS) is 13.4. The van der Waals surface area contributed by atoms with Crippen molar-refractivity contribution in [2.24, 2.45) is 5.73 Å². The molecule has 3 N–H and O–H groups in total. The molecule has 10 heteroatoms. The van der Waals surface area contributed by atoms with Gasteiger partial charge in [-0.2, -0.15) is 4.37 Å². The molecule has 0 aliphatic rings. The average Bonchev–Trinajstić information content (AvgIpc) is 3.20. The van der Waals surface area contributed by atoms with Gasteiger partial charge in [0.25, 0.3) is 0 Å². The number of methoxy groups -OCH3 is 2. The first-order chi connectivity index (χ1) is 14.8. The van der Waals surface area contributed by atoms with Crippen molar-refractivity contribution in [1.29, 1.82) is 0 Å². The van der Waals surface area contributed by atoms with Crippen LogP contribution in [0.2, 0.25) is 0 Å². The van der Waals surface area contributed by atoms with E-state index >= 15 is 0 Å². The smallest absolute Gasteiger partial charge is 0.202 e. The molecule has 3 rings (SSSR count). The van der Waals surface area contributed by atoms with E-state index in [1.807, 2.05) is 24.3 Å². The molecule has 31 heavy (non-hydrogen) atoms. The minimum Gasteiger partial charge on any atom is -0.497 e. The molecule has 166 valence electrons. The Balaban J connectivity index is 1.71. The van der Waals surface area contributed by atoms with Crippen LogP contribution >= 0.6 is 11.5 Å². The van der Waals surface area contributed by atoms with Gasteiger partial charge in [-0.3, -0.25) is 0 Å². The second-order valence-electron chi connectivity index (χ2n) is 7.07. The summed E-state index contributed by atoms with van der Waals surface area (Å²) in [5.41, 5.74) is 7.05. The van der Waals surface area contributed by atoms with Crippen LogP contribution in [-0.4, -0.2) is 49.8 Å². The Morgan fingerprint density at radius 2 is 1.81 bits per heavy atom. The molecular formula is C21H26N4O4S2. The lowest BCUT2D eigenvalue weighted by atomic mass is 10.1. The molecule has 0 spiro atoms. The first-order valence-corrected chi connectivity index (χ1v) is 12.1. The summed E-state index contributed by atoms with van der Waals surface area (Å²) in [5, 5.41) is 3.67. The number of nitrogens with two attached hydrogens (primary N) is 1. The molecule has 0 bridgehead atoms. The minimum atomic E-state index is -3.56. The van der Waals surface area contributed by atoms with Crippen molar-refractivity contribution in [3.8, 4) is 11.5 Å². The number of nitrogens with one attached hydrogen (secondary N) is 1. The van der Waals surface area contributed by atoms with Crippen LogP contribution in [0.25, 0.3) is 0 Å². The summed E-state index contributed by atoms with van der Waals surface area (Å²) in [7, 11) is -0.405. The zero-order valence-corrected chi connectivity index (χ0v) is 19.2. The maximum absolute atomic E-state index is 12.9. The molecule has 1 heterocycles. The van der Waals surface area contributed by atoms with Crippen LogP contribution in [0.3, 0.4) is 0 Å². The molecule has 0 saturated carbocycles. The van der Waals surface area contributed by atoms with Crippen molar-refractivity contribution in [1.82, 2.24) is 9.36 Å². The minimum absolute atomic E-state index is 0.168. The molecular weight excluding hydrogens is 436 g/mol. The zero-order chi connectivity index (χ0) is 22.4. The second-order valence-corrected chi connectivity index (χ2v) is 9.86. The highest BCUT2D eigenvalue weighted by atomic mass is 32.2. The fourth-order valence-corrected chi connectivity index (χ4v) is 5.25. The van der Waals surface area contributed by atoms with Crippen LogP contribution < -0.4 is 20.5 Å². The van der Waals surface area contributed by atoms with Crippen LogP contribution in [0.15, 0.2) is 53.4 Å². The monoisotopic (exact) mass is 462 g/mol. The fourth-order valence-electron chi connectivity index (χ4n) is 3.00. The first kappa shape index (κ1) is 23.0. The number of hydrogen-bond acceptors (Lipinski definition) is 9. The van der Waals surface area contributed by atoms with Crippen molar-refractivity contribution >= 4 is 26.5 Å². The second kappa shape index (κ2) is 10.1. The molecule has 2 atom stereocenters. The first-order valence-electron chi connectivity index (χ1n) is 9.66. The van der Waals surface area contributed by atoms with Crippen LogP contribution in [0, 0.1) is 0 Å². The maximum Gasteiger partial charge on any atom is 0.202 e. The number of hydrogen-bond donors (Lipinski definition) is 2. The fraction of sp³-hybridized carbons (Fsp3) is 0.333. The molecule has 0 radical (unpaired) electrons. The molecule has 2 unspecified atom stereocenters. The van der Waals surface area contributed by atoms with E-state index in [1.165, 1.54) is 30.8 Å². The summed E-state index contributed by atoms with van der Waals surface area (Å²) >= 11 is 1.17. The SMILES string of the molecule is COc1ccc(S(=O)(=O)CC(Nc2nc(Cc3ccccc3OC)ns2)C(C)N)cc1. The predicted octanol–water partition coefficient (Wildman–Crippen LogP) is 2.75. The lowest BCUT2D eigenvalue weighted by Crippen LogP contribution is -2.43. The molecule has 0 aliphatic carbocycles. The summed E-state index contributed by atoms with van der Waals surface area (Å²) in [6.45, 7) is 1.76. The van der Waals surface area contributed by atoms with Gasteiger partial charge in [-0.05, 0) is 37.3 Å². The summed E-state index contributed by atoms with van der Waals surface area (Å²) in [6.07, 6.45) is 0.509. The Morgan fingerprint density at radius 3 is 2.45 bits per heavy atom. The molecule has 8 nitrogen and oxygen atoms in total. The summed E-state index contributed by atoms with van der Waals surface area (Å²) in [5.74, 6) is 1.82. The quantitative estimate of drug-likeness (QED) is 0.472. The average molecular weight is 463 g/mol. The lowest BCUT2D eigenvalue weighted by molar-refractivity contribution is 0.410. The van der Waals surface area contributed by atoms with Crippen molar-refractivity contribution in [3.05, 3.63) is 59.9 Å². The number of nitrogens with zero attached hydrogens (tertiary/aromatic N) is 2. The Hall–Kier alpha value is -2.69. The molecule has 0 saturated heterocycles. The number of sulfone groups is 1. The Bertz CT molecular complexity index is 1100. The van der Waals surface area contributed by atoms with Crippen molar-refractivity contribution < 1.29 is 17.9 Å². The number of aromatic nitrogens is 2. The van der Waals surface area contributed by atoms with E-state index in [0.29, 0.717) is 23.1 Å². The van der Waals surface area contributed by atoms with Crippen LogP contribution in [0.5, 0.6) is 11.5 Å². The summed E-state index contributed by atoms with van der Waals surface area (Å²) in [4.78, 5) is 4.72. The molecule has 0 aliphatic heterocycles. The standard InChI is InChI=1S/C21H26N4O4S2/c1-14(22)18(13-31(26,27)17-10-8-16(28-2)9-11-17)23-21-24-20(25-30-21)12-15-6-4-5-7-19(15)29-3/h4-11,14,18H,12-13,22H2,1-3H3,(H,23,24,25). The van der Waals surface area contributed by atoms with Crippen LogP contribution in [0.1, 0.15) is 18.3 Å². The van der Waals surface area contributed by atoms with Gasteiger partial charge < -0.3 is 20.5 Å². The topological polar surface area (TPSA) is 116 Å². The van der Waals surface area contributed by atoms with E-state index in [1.54, 1.807) is 26.2 Å². The van der Waals surface area contributed by atoms with Gasteiger partial charge in [0, 0.05) is 29.6 Å². The summed E-state index contributed by atoms with van der Waals surface area (Å²) < 4.78 is 40.6. The Labute approximate surface area is 186 Å². The highest BCUT2D eigenvalue weighted by molar-refractivity contribution is 7.91. The highest BCUT2D eigenvalue weighted by Gasteiger charge is 2.25. The lowest BCUT2D eigenvalue weighted by Gasteiger charge is -2.21. The van der Waals surface area contributed by atoms with E-state index in [-0.39, 0.29) is 10.6 Å².